The Kier molecular flexibility index (Phi) is 7.10. The number of unbranched alkanes of at least 4 members (excludes halogenated alkanes) is 2. The number of rotatable bonds is 8. The van der Waals surface area contributed by atoms with E-state index in [1.165, 1.54) is 25.6 Å². The fraction of sp³-hybridized carbons (Fsp3) is 0.471. The van der Waals surface area contributed by atoms with Gasteiger partial charge in [-0.3, -0.25) is 5.10 Å². The van der Waals surface area contributed by atoms with Crippen molar-refractivity contribution < 1.29 is 0 Å². The Balaban J connectivity index is 1.96. The van der Waals surface area contributed by atoms with E-state index in [1.807, 2.05) is 12.1 Å². The molecule has 0 unspecified atom stereocenters. The van der Waals surface area contributed by atoms with Crippen LogP contribution < -0.4 is 10.6 Å². The molecule has 23 heavy (non-hydrogen) atoms. The molecule has 2 aromatic rings. The normalized spacial score (nSPS) is 11.5. The van der Waals surface area contributed by atoms with Crippen molar-refractivity contribution in [1.29, 1.82) is 0 Å². The number of nitrogens with zero attached hydrogens (tertiary/aromatic N) is 3. The molecular weight excluding hydrogens is 288 g/mol. The van der Waals surface area contributed by atoms with Crippen LogP contribution in [-0.4, -0.2) is 34.2 Å². The van der Waals surface area contributed by atoms with Crippen molar-refractivity contribution >= 4 is 5.96 Å². The number of guanidine groups is 1. The minimum absolute atomic E-state index is 0.630. The Hall–Kier alpha value is -2.37. The van der Waals surface area contributed by atoms with Gasteiger partial charge in [0.15, 0.2) is 11.8 Å². The second-order valence-corrected chi connectivity index (χ2v) is 5.36. The van der Waals surface area contributed by atoms with E-state index >= 15 is 0 Å². The number of hydrogen-bond donors (Lipinski definition) is 3. The largest absolute Gasteiger partial charge is 0.357 e. The molecule has 0 bridgehead atoms. The van der Waals surface area contributed by atoms with Crippen LogP contribution in [0.3, 0.4) is 0 Å². The summed E-state index contributed by atoms with van der Waals surface area (Å²) in [6.07, 6.45) is 5.15. The highest BCUT2D eigenvalue weighted by Crippen LogP contribution is 2.15. The van der Waals surface area contributed by atoms with Gasteiger partial charge in [0.25, 0.3) is 0 Å². The fourth-order valence-electron chi connectivity index (χ4n) is 2.26. The van der Waals surface area contributed by atoms with Crippen molar-refractivity contribution in [3.63, 3.8) is 0 Å². The first-order valence-electron chi connectivity index (χ1n) is 8.30. The van der Waals surface area contributed by atoms with Crippen LogP contribution in [0.25, 0.3) is 11.4 Å². The third-order valence-electron chi connectivity index (χ3n) is 3.45. The number of nitrogens with one attached hydrogen (secondary N) is 3. The molecule has 0 saturated carbocycles. The molecule has 0 fully saturated rings. The molecule has 6 nitrogen and oxygen atoms in total. The highest BCUT2D eigenvalue weighted by molar-refractivity contribution is 5.79. The van der Waals surface area contributed by atoms with Gasteiger partial charge in [0.2, 0.25) is 0 Å². The van der Waals surface area contributed by atoms with Gasteiger partial charge in [-0.25, -0.2) is 9.98 Å². The van der Waals surface area contributed by atoms with Crippen LogP contribution in [0.2, 0.25) is 0 Å². The van der Waals surface area contributed by atoms with Crippen LogP contribution in [0.4, 0.5) is 0 Å². The summed E-state index contributed by atoms with van der Waals surface area (Å²) in [6.45, 7) is 6.73. The molecule has 0 radical (unpaired) electrons. The molecule has 124 valence electrons. The molecule has 0 saturated heterocycles. The topological polar surface area (TPSA) is 78.0 Å². The lowest BCUT2D eigenvalue weighted by Gasteiger charge is -2.11. The van der Waals surface area contributed by atoms with Crippen LogP contribution in [0, 0.1) is 0 Å². The van der Waals surface area contributed by atoms with E-state index in [1.54, 1.807) is 0 Å². The Morgan fingerprint density at radius 1 is 1.22 bits per heavy atom. The average molecular weight is 314 g/mol. The Labute approximate surface area is 137 Å². The molecule has 0 aliphatic rings. The van der Waals surface area contributed by atoms with E-state index in [9.17, 15) is 0 Å². The van der Waals surface area contributed by atoms with E-state index < -0.39 is 0 Å². The lowest BCUT2D eigenvalue weighted by molar-refractivity contribution is 0.683. The van der Waals surface area contributed by atoms with E-state index in [0.29, 0.717) is 6.54 Å². The van der Waals surface area contributed by atoms with Gasteiger partial charge in [-0.05, 0) is 25.0 Å². The lowest BCUT2D eigenvalue weighted by Crippen LogP contribution is -2.37. The van der Waals surface area contributed by atoms with Crippen molar-refractivity contribution in [3.05, 3.63) is 36.2 Å². The van der Waals surface area contributed by atoms with Crippen molar-refractivity contribution in [2.75, 3.05) is 13.1 Å². The Morgan fingerprint density at radius 3 is 2.87 bits per heavy atom. The van der Waals surface area contributed by atoms with Crippen LogP contribution >= 0.6 is 0 Å². The molecular formula is C17H26N6. The number of H-pyrrole nitrogens is 1. The zero-order valence-corrected chi connectivity index (χ0v) is 14.0. The van der Waals surface area contributed by atoms with Crippen LogP contribution in [-0.2, 0) is 6.54 Å². The molecule has 1 aromatic heterocycles. The van der Waals surface area contributed by atoms with Crippen molar-refractivity contribution in [1.82, 2.24) is 25.8 Å². The van der Waals surface area contributed by atoms with E-state index in [-0.39, 0.29) is 0 Å². The summed E-state index contributed by atoms with van der Waals surface area (Å²) < 4.78 is 0. The molecule has 0 aliphatic heterocycles. The van der Waals surface area contributed by atoms with Crippen molar-refractivity contribution in [2.24, 2.45) is 4.99 Å². The van der Waals surface area contributed by atoms with Gasteiger partial charge in [-0.1, -0.05) is 38.0 Å². The third-order valence-corrected chi connectivity index (χ3v) is 3.45. The minimum atomic E-state index is 0.630. The van der Waals surface area contributed by atoms with Crippen LogP contribution in [0.15, 0.2) is 35.6 Å². The van der Waals surface area contributed by atoms with Crippen LogP contribution in [0.1, 0.15) is 38.7 Å². The van der Waals surface area contributed by atoms with Crippen molar-refractivity contribution in [2.45, 2.75) is 39.7 Å². The lowest BCUT2D eigenvalue weighted by atomic mass is 10.1. The predicted octanol–water partition coefficient (Wildman–Crippen LogP) is 2.72. The second kappa shape index (κ2) is 9.61. The summed E-state index contributed by atoms with van der Waals surface area (Å²) in [7, 11) is 0. The van der Waals surface area contributed by atoms with Gasteiger partial charge in [0.05, 0.1) is 6.54 Å². The van der Waals surface area contributed by atoms with Gasteiger partial charge < -0.3 is 10.6 Å². The first-order valence-corrected chi connectivity index (χ1v) is 8.30. The summed E-state index contributed by atoms with van der Waals surface area (Å²) in [5, 5.41) is 13.4. The molecule has 0 aliphatic carbocycles. The average Bonchev–Trinajstić information content (AvgIpc) is 3.11. The first kappa shape index (κ1) is 17.0. The molecule has 0 spiro atoms. The minimum Gasteiger partial charge on any atom is -0.357 e. The predicted molar refractivity (Wildman–Crippen MR) is 94.2 cm³/mol. The van der Waals surface area contributed by atoms with Gasteiger partial charge in [0.1, 0.15) is 6.33 Å². The molecule has 1 heterocycles. The van der Waals surface area contributed by atoms with Crippen molar-refractivity contribution in [3.8, 4) is 11.4 Å². The molecule has 0 atom stereocenters. The standard InChI is InChI=1S/C17H26N6/c1-3-5-6-10-19-17(18-4-2)20-12-14-8-7-9-15(11-14)16-21-13-22-23-16/h7-9,11,13H,3-6,10,12H2,1-2H3,(H2,18,19,20)(H,21,22,23). The maximum Gasteiger partial charge on any atom is 0.191 e. The third kappa shape index (κ3) is 5.73. The van der Waals surface area contributed by atoms with Gasteiger partial charge in [-0.15, -0.1) is 0 Å². The smallest absolute Gasteiger partial charge is 0.191 e. The molecule has 1 aromatic carbocycles. The quantitative estimate of drug-likeness (QED) is 0.398. The Bertz CT molecular complexity index is 591. The maximum atomic E-state index is 4.65. The zero-order chi connectivity index (χ0) is 16.3. The van der Waals surface area contributed by atoms with Gasteiger partial charge >= 0.3 is 0 Å². The molecule has 6 heteroatoms. The SMILES string of the molecule is CCCCCNC(=NCc1cccc(-c2ncn[nH]2)c1)NCC. The molecule has 0 amide bonds. The first-order chi connectivity index (χ1) is 11.3. The van der Waals surface area contributed by atoms with Crippen LogP contribution in [0.5, 0.6) is 0 Å². The van der Waals surface area contributed by atoms with E-state index in [0.717, 1.165) is 36.0 Å². The monoisotopic (exact) mass is 314 g/mol. The Morgan fingerprint density at radius 2 is 2.13 bits per heavy atom. The summed E-state index contributed by atoms with van der Waals surface area (Å²) in [4.78, 5) is 8.84. The van der Waals surface area contributed by atoms with Gasteiger partial charge in [0, 0.05) is 18.7 Å². The number of aromatic amines is 1. The zero-order valence-electron chi connectivity index (χ0n) is 14.0. The van der Waals surface area contributed by atoms with E-state index in [2.05, 4.69) is 56.8 Å². The number of aromatic nitrogens is 3. The highest BCUT2D eigenvalue weighted by Gasteiger charge is 2.02. The summed E-state index contributed by atoms with van der Waals surface area (Å²) >= 11 is 0. The van der Waals surface area contributed by atoms with E-state index in [4.69, 9.17) is 0 Å². The number of aliphatic imine (C=N–C) groups is 1. The number of benzene rings is 1. The maximum absolute atomic E-state index is 4.65. The second-order valence-electron chi connectivity index (χ2n) is 5.36. The van der Waals surface area contributed by atoms with Gasteiger partial charge in [-0.2, -0.15) is 5.10 Å². The highest BCUT2D eigenvalue weighted by atomic mass is 15.2. The summed E-state index contributed by atoms with van der Waals surface area (Å²) in [5.41, 5.74) is 2.17. The summed E-state index contributed by atoms with van der Waals surface area (Å²) in [6, 6.07) is 8.20. The molecule has 3 N–H and O–H groups in total. The summed E-state index contributed by atoms with van der Waals surface area (Å²) in [5.74, 6) is 1.65. The fourth-order valence-corrected chi connectivity index (χ4v) is 2.26. The number of hydrogen-bond acceptors (Lipinski definition) is 3. The molecule has 2 rings (SSSR count).